The highest BCUT2D eigenvalue weighted by Crippen LogP contribution is 2.25. The molecule has 96 valence electrons. The first kappa shape index (κ1) is 14.3. The number of nitrogens with zero attached hydrogens (tertiary/aromatic N) is 1. The van der Waals surface area contributed by atoms with Crippen molar-refractivity contribution in [1.82, 2.24) is 4.90 Å². The molecule has 4 nitrogen and oxygen atoms in total. The molecule has 1 amide bonds. The zero-order chi connectivity index (χ0) is 11.5. The van der Waals surface area contributed by atoms with Crippen molar-refractivity contribution in [2.45, 2.75) is 18.9 Å². The van der Waals surface area contributed by atoms with Crippen LogP contribution in [0, 0.1) is 0 Å². The minimum Gasteiger partial charge on any atom is -0.496 e. The molecule has 0 bridgehead atoms. The molecule has 1 unspecified atom stereocenters. The maximum absolute atomic E-state index is 12.2. The Morgan fingerprint density at radius 2 is 2.47 bits per heavy atom. The molecule has 1 atom stereocenters. The van der Waals surface area contributed by atoms with Crippen LogP contribution < -0.4 is 10.5 Å². The van der Waals surface area contributed by atoms with Gasteiger partial charge in [0.1, 0.15) is 5.75 Å². The molecule has 2 rings (SSSR count). The number of hydrogen-bond acceptors (Lipinski definition) is 4. The van der Waals surface area contributed by atoms with E-state index in [2.05, 4.69) is 0 Å². The molecule has 1 aliphatic rings. The summed E-state index contributed by atoms with van der Waals surface area (Å²) in [5, 5.41) is 1.85. The average Bonchev–Trinajstić information content (AvgIpc) is 2.96. The van der Waals surface area contributed by atoms with Crippen molar-refractivity contribution in [3.8, 4) is 5.75 Å². The van der Waals surface area contributed by atoms with Gasteiger partial charge in [-0.25, -0.2) is 0 Å². The van der Waals surface area contributed by atoms with Gasteiger partial charge in [-0.15, -0.1) is 23.7 Å². The van der Waals surface area contributed by atoms with Crippen LogP contribution in [-0.4, -0.2) is 37.0 Å². The lowest BCUT2D eigenvalue weighted by Gasteiger charge is -2.22. The highest BCUT2D eigenvalue weighted by molar-refractivity contribution is 7.12. The van der Waals surface area contributed by atoms with E-state index < -0.39 is 0 Å². The average molecular weight is 277 g/mol. The van der Waals surface area contributed by atoms with Gasteiger partial charge in [0.25, 0.3) is 5.91 Å². The van der Waals surface area contributed by atoms with Crippen LogP contribution in [-0.2, 0) is 0 Å². The Bertz CT molecular complexity index is 383. The fraction of sp³-hybridized carbons (Fsp3) is 0.545. The maximum Gasteiger partial charge on any atom is 0.264 e. The van der Waals surface area contributed by atoms with Crippen molar-refractivity contribution in [3.05, 3.63) is 16.3 Å². The molecule has 0 saturated carbocycles. The fourth-order valence-electron chi connectivity index (χ4n) is 2.03. The molecule has 2 heterocycles. The van der Waals surface area contributed by atoms with Crippen molar-refractivity contribution in [1.29, 1.82) is 0 Å². The molecule has 17 heavy (non-hydrogen) atoms. The number of ether oxygens (including phenoxy) is 1. The number of hydrogen-bond donors (Lipinski definition) is 1. The lowest BCUT2D eigenvalue weighted by Crippen LogP contribution is -2.39. The first-order valence-electron chi connectivity index (χ1n) is 5.40. The second-order valence-electron chi connectivity index (χ2n) is 3.88. The van der Waals surface area contributed by atoms with Gasteiger partial charge >= 0.3 is 0 Å². The number of thiophene rings is 1. The van der Waals surface area contributed by atoms with E-state index in [-0.39, 0.29) is 24.4 Å². The zero-order valence-corrected chi connectivity index (χ0v) is 11.4. The van der Waals surface area contributed by atoms with E-state index in [4.69, 9.17) is 10.5 Å². The molecule has 1 aliphatic heterocycles. The van der Waals surface area contributed by atoms with Gasteiger partial charge in [0.15, 0.2) is 0 Å². The molecule has 1 aromatic rings. The van der Waals surface area contributed by atoms with Crippen LogP contribution >= 0.6 is 23.7 Å². The lowest BCUT2D eigenvalue weighted by atomic mass is 10.2. The van der Waals surface area contributed by atoms with E-state index in [0.29, 0.717) is 6.54 Å². The molecular formula is C11H17ClN2O2S. The summed E-state index contributed by atoms with van der Waals surface area (Å²) in [6, 6.07) is 2.00. The third kappa shape index (κ3) is 2.91. The number of likely N-dealkylation sites (tertiary alicyclic amines) is 1. The number of halogens is 1. The molecule has 1 saturated heterocycles. The summed E-state index contributed by atoms with van der Waals surface area (Å²) in [5.41, 5.74) is 5.66. The largest absolute Gasteiger partial charge is 0.496 e. The van der Waals surface area contributed by atoms with Gasteiger partial charge in [0.2, 0.25) is 0 Å². The van der Waals surface area contributed by atoms with Gasteiger partial charge in [-0.2, -0.15) is 0 Å². The van der Waals surface area contributed by atoms with Gasteiger partial charge in [-0.05, 0) is 12.8 Å². The minimum absolute atomic E-state index is 0. The van der Waals surface area contributed by atoms with E-state index in [9.17, 15) is 4.79 Å². The Morgan fingerprint density at radius 3 is 3.06 bits per heavy atom. The SMILES string of the molecule is COc1csc(C(=O)N2CCCC2CN)c1.Cl. The molecule has 2 N–H and O–H groups in total. The standard InChI is InChI=1S/C11H16N2O2S.ClH/c1-15-9-5-10(16-7-9)11(14)13-4-2-3-8(13)6-12;/h5,7-8H,2-4,6,12H2,1H3;1H. The van der Waals surface area contributed by atoms with Crippen LogP contribution in [0.1, 0.15) is 22.5 Å². The van der Waals surface area contributed by atoms with E-state index in [0.717, 1.165) is 30.0 Å². The van der Waals surface area contributed by atoms with E-state index in [1.54, 1.807) is 13.2 Å². The second kappa shape index (κ2) is 6.23. The van der Waals surface area contributed by atoms with E-state index >= 15 is 0 Å². The van der Waals surface area contributed by atoms with Crippen LogP contribution in [0.3, 0.4) is 0 Å². The second-order valence-corrected chi connectivity index (χ2v) is 4.79. The van der Waals surface area contributed by atoms with Gasteiger partial charge in [0, 0.05) is 30.6 Å². The first-order chi connectivity index (χ1) is 7.76. The molecule has 6 heteroatoms. The number of rotatable bonds is 3. The molecule has 1 aromatic heterocycles. The number of nitrogens with two attached hydrogens (primary N) is 1. The first-order valence-corrected chi connectivity index (χ1v) is 6.27. The number of carbonyl (C=O) groups excluding carboxylic acids is 1. The third-order valence-electron chi connectivity index (χ3n) is 2.93. The maximum atomic E-state index is 12.2. The Kier molecular flexibility index (Phi) is 5.24. The Morgan fingerprint density at radius 1 is 1.71 bits per heavy atom. The zero-order valence-electron chi connectivity index (χ0n) is 9.72. The smallest absolute Gasteiger partial charge is 0.264 e. The van der Waals surface area contributed by atoms with Crippen molar-refractivity contribution in [2.24, 2.45) is 5.73 Å². The van der Waals surface area contributed by atoms with Gasteiger partial charge in [-0.1, -0.05) is 0 Å². The predicted octanol–water partition coefficient (Wildman–Crippen LogP) is 1.74. The predicted molar refractivity (Wildman–Crippen MR) is 71.2 cm³/mol. The highest BCUT2D eigenvalue weighted by atomic mass is 35.5. The molecular weight excluding hydrogens is 260 g/mol. The molecule has 1 fully saturated rings. The summed E-state index contributed by atoms with van der Waals surface area (Å²) in [7, 11) is 1.61. The highest BCUT2D eigenvalue weighted by Gasteiger charge is 2.29. The fourth-order valence-corrected chi connectivity index (χ4v) is 2.84. The monoisotopic (exact) mass is 276 g/mol. The topological polar surface area (TPSA) is 55.6 Å². The number of amides is 1. The minimum atomic E-state index is 0. The summed E-state index contributed by atoms with van der Waals surface area (Å²) in [4.78, 5) is 14.8. The van der Waals surface area contributed by atoms with Crippen molar-refractivity contribution < 1.29 is 9.53 Å². The molecule has 0 spiro atoms. The summed E-state index contributed by atoms with van der Waals surface area (Å²) in [6.07, 6.45) is 2.07. The van der Waals surface area contributed by atoms with Gasteiger partial charge in [-0.3, -0.25) is 4.79 Å². The number of methoxy groups -OCH3 is 1. The Hall–Kier alpha value is -0.780. The van der Waals surface area contributed by atoms with E-state index in [1.165, 1.54) is 11.3 Å². The molecule has 0 radical (unpaired) electrons. The summed E-state index contributed by atoms with van der Waals surface area (Å²) < 4.78 is 5.08. The normalized spacial score (nSPS) is 18.9. The van der Waals surface area contributed by atoms with Gasteiger partial charge in [0.05, 0.1) is 12.0 Å². The van der Waals surface area contributed by atoms with Crippen molar-refractivity contribution in [3.63, 3.8) is 0 Å². The van der Waals surface area contributed by atoms with E-state index in [1.807, 2.05) is 10.3 Å². The summed E-state index contributed by atoms with van der Waals surface area (Å²) >= 11 is 1.42. The Labute approximate surface area is 111 Å². The quantitative estimate of drug-likeness (QED) is 0.915. The van der Waals surface area contributed by atoms with Crippen molar-refractivity contribution >= 4 is 29.7 Å². The Balaban J connectivity index is 0.00000144. The van der Waals surface area contributed by atoms with Crippen LogP contribution in [0.4, 0.5) is 0 Å². The van der Waals surface area contributed by atoms with Crippen LogP contribution in [0.2, 0.25) is 0 Å². The summed E-state index contributed by atoms with van der Waals surface area (Å²) in [5.74, 6) is 0.832. The molecule has 0 aliphatic carbocycles. The van der Waals surface area contributed by atoms with Crippen molar-refractivity contribution in [2.75, 3.05) is 20.2 Å². The lowest BCUT2D eigenvalue weighted by molar-refractivity contribution is 0.0746. The van der Waals surface area contributed by atoms with Crippen LogP contribution in [0.5, 0.6) is 5.75 Å². The molecule has 0 aromatic carbocycles. The van der Waals surface area contributed by atoms with Gasteiger partial charge < -0.3 is 15.4 Å². The van der Waals surface area contributed by atoms with Crippen LogP contribution in [0.25, 0.3) is 0 Å². The summed E-state index contributed by atoms with van der Waals surface area (Å²) in [6.45, 7) is 1.37. The van der Waals surface area contributed by atoms with Crippen LogP contribution in [0.15, 0.2) is 11.4 Å². The number of carbonyl (C=O) groups is 1. The third-order valence-corrected chi connectivity index (χ3v) is 3.83.